The van der Waals surface area contributed by atoms with Crippen LogP contribution in [0, 0.1) is 5.82 Å². The minimum absolute atomic E-state index is 0.0614. The Morgan fingerprint density at radius 1 is 1.38 bits per heavy atom. The van der Waals surface area contributed by atoms with Gasteiger partial charge in [-0.2, -0.15) is 13.2 Å². The fourth-order valence-corrected chi connectivity index (χ4v) is 2.44. The van der Waals surface area contributed by atoms with Gasteiger partial charge in [0.25, 0.3) is 0 Å². The molecule has 1 aromatic carbocycles. The zero-order valence-corrected chi connectivity index (χ0v) is 11.3. The average Bonchev–Trinajstić information content (AvgIpc) is 2.78. The van der Waals surface area contributed by atoms with Crippen LogP contribution in [-0.4, -0.2) is 18.1 Å². The maximum absolute atomic E-state index is 14.0. The molecule has 0 bridgehead atoms. The molecule has 2 aromatic rings. The second-order valence-electron chi connectivity index (χ2n) is 3.89. The molecule has 4 nitrogen and oxygen atoms in total. The second kappa shape index (κ2) is 5.32. The topological polar surface area (TPSA) is 65.2 Å². The molecule has 0 saturated heterocycles. The van der Waals surface area contributed by atoms with Gasteiger partial charge in [-0.1, -0.05) is 17.4 Å². The van der Waals surface area contributed by atoms with E-state index in [0.29, 0.717) is 17.4 Å². The molecule has 21 heavy (non-hydrogen) atoms. The van der Waals surface area contributed by atoms with Crippen molar-refractivity contribution >= 4 is 22.3 Å². The van der Waals surface area contributed by atoms with Crippen LogP contribution in [0.1, 0.15) is 16.1 Å². The molecule has 0 aliphatic carbocycles. The number of aromatic nitrogens is 1. The first-order valence-electron chi connectivity index (χ1n) is 5.46. The van der Waals surface area contributed by atoms with Gasteiger partial charge in [0.15, 0.2) is 5.69 Å². The van der Waals surface area contributed by atoms with Crippen LogP contribution in [0.2, 0.25) is 0 Å². The van der Waals surface area contributed by atoms with Crippen molar-refractivity contribution in [2.45, 2.75) is 6.18 Å². The van der Waals surface area contributed by atoms with Gasteiger partial charge in [0, 0.05) is 5.56 Å². The number of nitrogen functional groups attached to an aromatic ring is 1. The molecule has 0 unspecified atom stereocenters. The minimum atomic E-state index is -4.83. The Hall–Kier alpha value is -2.16. The first-order valence-corrected chi connectivity index (χ1v) is 6.28. The second-order valence-corrected chi connectivity index (χ2v) is 4.92. The summed E-state index contributed by atoms with van der Waals surface area (Å²) >= 11 is 0.703. The summed E-state index contributed by atoms with van der Waals surface area (Å²) < 4.78 is 56.4. The van der Waals surface area contributed by atoms with E-state index in [1.165, 1.54) is 0 Å². The number of carbonyl (C=O) groups is 1. The number of esters is 1. The normalized spacial score (nSPS) is 11.5. The predicted octanol–water partition coefficient (Wildman–Crippen LogP) is 3.34. The average molecular weight is 320 g/mol. The van der Waals surface area contributed by atoms with Crippen LogP contribution in [0.3, 0.4) is 0 Å². The summed E-state index contributed by atoms with van der Waals surface area (Å²) in [6.07, 6.45) is -4.83. The fraction of sp³-hybridized carbons (Fsp3) is 0.167. The smallest absolute Gasteiger partial charge is 0.419 e. The Labute approximate surface area is 120 Å². The lowest BCUT2D eigenvalue weighted by Gasteiger charge is -2.09. The summed E-state index contributed by atoms with van der Waals surface area (Å²) in [5, 5.41) is -0.190. The molecule has 2 N–H and O–H groups in total. The van der Waals surface area contributed by atoms with E-state index in [0.717, 1.165) is 19.2 Å². The van der Waals surface area contributed by atoms with Crippen LogP contribution in [0.25, 0.3) is 10.6 Å². The quantitative estimate of drug-likeness (QED) is 0.681. The summed E-state index contributed by atoms with van der Waals surface area (Å²) in [6.45, 7) is 0. The zero-order valence-electron chi connectivity index (χ0n) is 10.5. The maximum Gasteiger partial charge on any atom is 0.419 e. The van der Waals surface area contributed by atoms with Gasteiger partial charge in [-0.25, -0.2) is 14.2 Å². The number of halogens is 4. The van der Waals surface area contributed by atoms with Crippen LogP contribution < -0.4 is 5.73 Å². The molecule has 9 heteroatoms. The number of thiazole rings is 1. The van der Waals surface area contributed by atoms with Gasteiger partial charge in [0.05, 0.1) is 12.7 Å². The Balaban J connectivity index is 2.56. The van der Waals surface area contributed by atoms with Crippen molar-refractivity contribution in [3.05, 3.63) is 35.3 Å². The molecule has 112 valence electrons. The summed E-state index contributed by atoms with van der Waals surface area (Å²) in [5.41, 5.74) is 3.50. The third-order valence-electron chi connectivity index (χ3n) is 2.57. The Kier molecular flexibility index (Phi) is 3.86. The van der Waals surface area contributed by atoms with E-state index in [1.54, 1.807) is 0 Å². The van der Waals surface area contributed by atoms with Crippen LogP contribution in [0.5, 0.6) is 0 Å². The number of hydrogen-bond acceptors (Lipinski definition) is 5. The highest BCUT2D eigenvalue weighted by Crippen LogP contribution is 2.37. The van der Waals surface area contributed by atoms with Crippen molar-refractivity contribution in [3.8, 4) is 10.6 Å². The molecule has 0 fully saturated rings. The van der Waals surface area contributed by atoms with E-state index in [9.17, 15) is 22.4 Å². The maximum atomic E-state index is 14.0. The molecule has 1 heterocycles. The standard InChI is InChI=1S/C12H8F4N2O2S/c1-20-11(19)8-9(17)21-10(18-8)5-3-2-4-6(7(5)13)12(14,15)16/h2-4H,17H2,1H3. The van der Waals surface area contributed by atoms with E-state index in [2.05, 4.69) is 9.72 Å². The van der Waals surface area contributed by atoms with Crippen LogP contribution >= 0.6 is 11.3 Å². The molecule has 1 aromatic heterocycles. The molecule has 0 radical (unpaired) electrons. The number of methoxy groups -OCH3 is 1. The highest BCUT2D eigenvalue weighted by Gasteiger charge is 2.35. The fourth-order valence-electron chi connectivity index (χ4n) is 1.61. The Bertz CT molecular complexity index is 697. The van der Waals surface area contributed by atoms with E-state index in [-0.39, 0.29) is 21.3 Å². The lowest BCUT2D eigenvalue weighted by atomic mass is 10.1. The number of anilines is 1. The Morgan fingerprint density at radius 3 is 2.62 bits per heavy atom. The summed E-state index contributed by atoms with van der Waals surface area (Å²) in [4.78, 5) is 15.1. The van der Waals surface area contributed by atoms with Crippen molar-refractivity contribution in [1.82, 2.24) is 4.98 Å². The van der Waals surface area contributed by atoms with Gasteiger partial charge >= 0.3 is 12.1 Å². The minimum Gasteiger partial charge on any atom is -0.464 e. The number of nitrogens with zero attached hydrogens (tertiary/aromatic N) is 1. The van der Waals surface area contributed by atoms with Crippen LogP contribution in [-0.2, 0) is 10.9 Å². The van der Waals surface area contributed by atoms with Crippen molar-refractivity contribution in [2.24, 2.45) is 0 Å². The summed E-state index contributed by atoms with van der Waals surface area (Å²) in [5.74, 6) is -2.31. The number of rotatable bonds is 2. The van der Waals surface area contributed by atoms with Crippen molar-refractivity contribution in [3.63, 3.8) is 0 Å². The largest absolute Gasteiger partial charge is 0.464 e. The highest BCUT2D eigenvalue weighted by atomic mass is 32.1. The van der Waals surface area contributed by atoms with Gasteiger partial charge in [0.2, 0.25) is 0 Å². The monoisotopic (exact) mass is 320 g/mol. The lowest BCUT2D eigenvalue weighted by Crippen LogP contribution is -2.08. The molecular weight excluding hydrogens is 312 g/mol. The van der Waals surface area contributed by atoms with E-state index in [1.807, 2.05) is 0 Å². The first kappa shape index (κ1) is 15.2. The van der Waals surface area contributed by atoms with Gasteiger partial charge < -0.3 is 10.5 Å². The third-order valence-corrected chi connectivity index (χ3v) is 3.48. The molecule has 0 spiro atoms. The van der Waals surface area contributed by atoms with Gasteiger partial charge in [-0.05, 0) is 12.1 Å². The molecule has 0 aliphatic rings. The van der Waals surface area contributed by atoms with Crippen LogP contribution in [0.4, 0.5) is 22.6 Å². The van der Waals surface area contributed by atoms with E-state index < -0.39 is 23.5 Å². The summed E-state index contributed by atoms with van der Waals surface area (Å²) in [7, 11) is 1.10. The molecule has 0 aliphatic heterocycles. The number of ether oxygens (including phenoxy) is 1. The predicted molar refractivity (Wildman–Crippen MR) is 68.3 cm³/mol. The molecule has 0 saturated carbocycles. The number of benzene rings is 1. The lowest BCUT2D eigenvalue weighted by molar-refractivity contribution is -0.139. The van der Waals surface area contributed by atoms with E-state index >= 15 is 0 Å². The van der Waals surface area contributed by atoms with Gasteiger partial charge in [0.1, 0.15) is 15.8 Å². The van der Waals surface area contributed by atoms with Gasteiger partial charge in [-0.3, -0.25) is 0 Å². The third kappa shape index (κ3) is 2.82. The number of carbonyl (C=O) groups excluding carboxylic acids is 1. The molecule has 2 rings (SSSR count). The van der Waals surface area contributed by atoms with Gasteiger partial charge in [-0.15, -0.1) is 0 Å². The van der Waals surface area contributed by atoms with Crippen molar-refractivity contribution < 1.29 is 27.1 Å². The summed E-state index contributed by atoms with van der Waals surface area (Å²) in [6, 6.07) is 2.80. The Morgan fingerprint density at radius 2 is 2.05 bits per heavy atom. The highest BCUT2D eigenvalue weighted by molar-refractivity contribution is 7.19. The number of hydrogen-bond donors (Lipinski definition) is 1. The van der Waals surface area contributed by atoms with Crippen molar-refractivity contribution in [1.29, 1.82) is 0 Å². The van der Waals surface area contributed by atoms with E-state index in [4.69, 9.17) is 5.73 Å². The number of alkyl halides is 3. The van der Waals surface area contributed by atoms with Crippen molar-refractivity contribution in [2.75, 3.05) is 12.8 Å². The number of nitrogens with two attached hydrogens (primary N) is 1. The SMILES string of the molecule is COC(=O)c1nc(-c2cccc(C(F)(F)F)c2F)sc1N. The van der Waals surface area contributed by atoms with Crippen LogP contribution in [0.15, 0.2) is 18.2 Å². The zero-order chi connectivity index (χ0) is 15.8. The molecule has 0 atom stereocenters. The molecule has 0 amide bonds. The first-order chi connectivity index (χ1) is 9.75. The molecular formula is C12H8F4N2O2S.